The van der Waals surface area contributed by atoms with E-state index in [1.165, 1.54) is 12.8 Å². The van der Waals surface area contributed by atoms with Gasteiger partial charge >= 0.3 is 6.11 Å². The molecule has 0 amide bonds. The Bertz CT molecular complexity index is 1370. The standard InChI is InChI=1S/C31H27F9O/c1-2-3-4-15-5-16-7-18(8-17(16)6-15)19-9-24(34)29(25(35)10-19)31(39,40)41-21-13-22(32)28(23(33)14-21)20-11-26(36)30(38)27(37)12-20/h9-18H,2-8H2,1H3. The Morgan fingerprint density at radius 3 is 1.76 bits per heavy atom. The molecule has 2 atom stereocenters. The second kappa shape index (κ2) is 11.2. The van der Waals surface area contributed by atoms with Crippen LogP contribution in [0.25, 0.3) is 11.1 Å². The first-order valence-electron chi connectivity index (χ1n) is 13.6. The maximum Gasteiger partial charge on any atom is 0.432 e. The van der Waals surface area contributed by atoms with E-state index in [1.807, 2.05) is 0 Å². The van der Waals surface area contributed by atoms with Crippen LogP contribution in [0.5, 0.6) is 5.75 Å². The molecule has 2 fully saturated rings. The van der Waals surface area contributed by atoms with Crippen molar-refractivity contribution in [2.75, 3.05) is 0 Å². The molecule has 0 spiro atoms. The minimum Gasteiger partial charge on any atom is -0.429 e. The Kier molecular flexibility index (Phi) is 8.05. The summed E-state index contributed by atoms with van der Waals surface area (Å²) in [6.45, 7) is 2.14. The number of ether oxygens (including phenoxy) is 1. The number of rotatable bonds is 8. The smallest absolute Gasteiger partial charge is 0.429 e. The van der Waals surface area contributed by atoms with Crippen LogP contribution in [-0.2, 0) is 6.11 Å². The second-order valence-corrected chi connectivity index (χ2v) is 11.2. The largest absolute Gasteiger partial charge is 0.432 e. The Morgan fingerprint density at radius 1 is 0.707 bits per heavy atom. The average molecular weight is 587 g/mol. The quantitative estimate of drug-likeness (QED) is 0.189. The van der Waals surface area contributed by atoms with Crippen LogP contribution in [-0.4, -0.2) is 0 Å². The first kappa shape index (κ1) is 29.3. The lowest BCUT2D eigenvalue weighted by Gasteiger charge is -2.22. The van der Waals surface area contributed by atoms with Crippen molar-refractivity contribution in [1.82, 2.24) is 0 Å². The lowest BCUT2D eigenvalue weighted by atomic mass is 9.90. The van der Waals surface area contributed by atoms with Crippen molar-refractivity contribution in [1.29, 1.82) is 0 Å². The Hall–Kier alpha value is -3.17. The number of benzene rings is 3. The molecule has 2 aliphatic carbocycles. The van der Waals surface area contributed by atoms with Crippen molar-refractivity contribution >= 4 is 0 Å². The van der Waals surface area contributed by atoms with Crippen LogP contribution < -0.4 is 4.74 Å². The highest BCUT2D eigenvalue weighted by molar-refractivity contribution is 5.66. The van der Waals surface area contributed by atoms with Crippen LogP contribution in [0.4, 0.5) is 39.5 Å². The average Bonchev–Trinajstić information content (AvgIpc) is 3.43. The summed E-state index contributed by atoms with van der Waals surface area (Å²) in [5, 5.41) is 0. The Balaban J connectivity index is 1.34. The predicted molar refractivity (Wildman–Crippen MR) is 134 cm³/mol. The zero-order valence-corrected chi connectivity index (χ0v) is 22.0. The maximum absolute atomic E-state index is 15.0. The number of hydrogen-bond donors (Lipinski definition) is 0. The summed E-state index contributed by atoms with van der Waals surface area (Å²) in [5.41, 5.74) is -3.22. The molecular weight excluding hydrogens is 559 g/mol. The SMILES string of the molecule is CCCCC1CC2CC(c3cc(F)c(C(F)(F)Oc4cc(F)c(-c5cc(F)c(F)c(F)c5)c(F)c4)c(F)c3)CC2C1. The van der Waals surface area contributed by atoms with Gasteiger partial charge in [-0.25, -0.2) is 30.7 Å². The molecule has 0 radical (unpaired) electrons. The third-order valence-corrected chi connectivity index (χ3v) is 8.44. The van der Waals surface area contributed by atoms with Gasteiger partial charge < -0.3 is 4.74 Å². The van der Waals surface area contributed by atoms with Gasteiger partial charge in [0, 0.05) is 12.1 Å². The molecule has 0 heterocycles. The van der Waals surface area contributed by atoms with E-state index in [0.29, 0.717) is 29.9 Å². The van der Waals surface area contributed by atoms with Gasteiger partial charge in [-0.3, -0.25) is 0 Å². The van der Waals surface area contributed by atoms with Gasteiger partial charge in [0.15, 0.2) is 17.5 Å². The second-order valence-electron chi connectivity index (χ2n) is 11.2. The minimum absolute atomic E-state index is 0.165. The molecule has 1 nitrogen and oxygen atoms in total. The van der Waals surface area contributed by atoms with Gasteiger partial charge in [-0.15, -0.1) is 0 Å². The highest BCUT2D eigenvalue weighted by Gasteiger charge is 2.44. The van der Waals surface area contributed by atoms with Gasteiger partial charge in [0.1, 0.15) is 34.6 Å². The third-order valence-electron chi connectivity index (χ3n) is 8.44. The molecule has 10 heteroatoms. The molecule has 2 unspecified atom stereocenters. The van der Waals surface area contributed by atoms with E-state index in [4.69, 9.17) is 0 Å². The fourth-order valence-corrected chi connectivity index (χ4v) is 6.63. The number of hydrogen-bond acceptors (Lipinski definition) is 1. The number of unbranched alkanes of at least 4 members (excludes halogenated alkanes) is 1. The van der Waals surface area contributed by atoms with Gasteiger partial charge in [-0.05, 0) is 84.7 Å². The van der Waals surface area contributed by atoms with E-state index in [0.717, 1.165) is 44.2 Å². The van der Waals surface area contributed by atoms with E-state index >= 15 is 0 Å². The highest BCUT2D eigenvalue weighted by Crippen LogP contribution is 2.54. The molecule has 0 N–H and O–H groups in total. The molecule has 0 bridgehead atoms. The summed E-state index contributed by atoms with van der Waals surface area (Å²) in [7, 11) is 0. The zero-order chi connectivity index (χ0) is 29.6. The van der Waals surface area contributed by atoms with Gasteiger partial charge in [-0.1, -0.05) is 26.2 Å². The predicted octanol–water partition coefficient (Wildman–Crippen LogP) is 10.2. The minimum atomic E-state index is -4.67. The summed E-state index contributed by atoms with van der Waals surface area (Å²) in [5.74, 6) is -11.4. The molecule has 3 aromatic rings. The van der Waals surface area contributed by atoms with Gasteiger partial charge in [-0.2, -0.15) is 8.78 Å². The molecule has 220 valence electrons. The van der Waals surface area contributed by atoms with Crippen molar-refractivity contribution in [2.45, 2.75) is 63.9 Å². The first-order chi connectivity index (χ1) is 19.4. The molecule has 41 heavy (non-hydrogen) atoms. The molecule has 3 aromatic carbocycles. The van der Waals surface area contributed by atoms with Crippen molar-refractivity contribution in [3.8, 4) is 16.9 Å². The van der Waals surface area contributed by atoms with Crippen LogP contribution in [0.2, 0.25) is 0 Å². The summed E-state index contributed by atoms with van der Waals surface area (Å²) < 4.78 is 134. The summed E-state index contributed by atoms with van der Waals surface area (Å²) in [4.78, 5) is 0. The molecule has 2 aliphatic rings. The molecule has 2 saturated carbocycles. The van der Waals surface area contributed by atoms with Crippen molar-refractivity contribution in [3.05, 3.63) is 88.2 Å². The third kappa shape index (κ3) is 5.79. The normalized spacial score (nSPS) is 22.3. The van der Waals surface area contributed by atoms with Gasteiger partial charge in [0.05, 0.1) is 5.56 Å². The lowest BCUT2D eigenvalue weighted by molar-refractivity contribution is -0.189. The number of fused-ring (bicyclic) bond motifs is 1. The Labute approximate surface area is 231 Å². The lowest BCUT2D eigenvalue weighted by Crippen LogP contribution is -2.25. The summed E-state index contributed by atoms with van der Waals surface area (Å²) >= 11 is 0. The van der Waals surface area contributed by atoms with Gasteiger partial charge in [0.25, 0.3) is 0 Å². The number of alkyl halides is 2. The van der Waals surface area contributed by atoms with Crippen molar-refractivity contribution in [2.24, 2.45) is 17.8 Å². The zero-order valence-electron chi connectivity index (χ0n) is 22.0. The maximum atomic E-state index is 15.0. The van der Waals surface area contributed by atoms with E-state index in [9.17, 15) is 39.5 Å². The highest BCUT2D eigenvalue weighted by atomic mass is 19.3. The van der Waals surface area contributed by atoms with E-state index in [-0.39, 0.29) is 23.6 Å². The molecule has 0 saturated heterocycles. The number of halogens is 9. The van der Waals surface area contributed by atoms with E-state index in [2.05, 4.69) is 11.7 Å². The Morgan fingerprint density at radius 2 is 1.24 bits per heavy atom. The van der Waals surface area contributed by atoms with Crippen LogP contribution >= 0.6 is 0 Å². The van der Waals surface area contributed by atoms with E-state index in [1.54, 1.807) is 0 Å². The molecule has 0 aromatic heterocycles. The fraction of sp³-hybridized carbons (Fsp3) is 0.419. The molecular formula is C31H27F9O. The van der Waals surface area contributed by atoms with Crippen molar-refractivity contribution < 1.29 is 44.3 Å². The molecule has 5 rings (SSSR count). The fourth-order valence-electron chi connectivity index (χ4n) is 6.63. The van der Waals surface area contributed by atoms with Gasteiger partial charge in [0.2, 0.25) is 0 Å². The van der Waals surface area contributed by atoms with Crippen LogP contribution in [0.3, 0.4) is 0 Å². The summed E-state index contributed by atoms with van der Waals surface area (Å²) in [6, 6.07) is 2.89. The van der Waals surface area contributed by atoms with Crippen LogP contribution in [0, 0.1) is 58.5 Å². The summed E-state index contributed by atoms with van der Waals surface area (Å²) in [6.07, 6.45) is 2.37. The van der Waals surface area contributed by atoms with Crippen LogP contribution in [0.15, 0.2) is 36.4 Å². The monoisotopic (exact) mass is 586 g/mol. The molecule has 0 aliphatic heterocycles. The van der Waals surface area contributed by atoms with E-state index < -0.39 is 69.3 Å². The van der Waals surface area contributed by atoms with Crippen LogP contribution in [0.1, 0.15) is 68.9 Å². The first-order valence-corrected chi connectivity index (χ1v) is 13.6. The van der Waals surface area contributed by atoms with Crippen molar-refractivity contribution in [3.63, 3.8) is 0 Å². The topological polar surface area (TPSA) is 9.23 Å².